The van der Waals surface area contributed by atoms with Gasteiger partial charge in [0.25, 0.3) is 0 Å². The van der Waals surface area contributed by atoms with Crippen molar-refractivity contribution in [3.63, 3.8) is 0 Å². The van der Waals surface area contributed by atoms with Crippen molar-refractivity contribution in [2.24, 2.45) is 0 Å². The molecule has 0 aromatic heterocycles. The van der Waals surface area contributed by atoms with E-state index in [-0.39, 0.29) is 30.6 Å². The highest BCUT2D eigenvalue weighted by atomic mass is 35.5. The predicted octanol–water partition coefficient (Wildman–Crippen LogP) is 3.92. The zero-order valence-electron chi connectivity index (χ0n) is 14.8. The number of hydrogen-bond acceptors (Lipinski definition) is 2. The highest BCUT2D eigenvalue weighted by molar-refractivity contribution is 6.30. The minimum Gasteiger partial charge on any atom is -0.350 e. The van der Waals surface area contributed by atoms with Gasteiger partial charge in [-0.2, -0.15) is 0 Å². The van der Waals surface area contributed by atoms with Crippen molar-refractivity contribution in [2.45, 2.75) is 39.4 Å². The smallest absolute Gasteiger partial charge is 0.242 e. The highest BCUT2D eigenvalue weighted by Crippen LogP contribution is 2.13. The second kappa shape index (κ2) is 9.34. The Bertz CT molecular complexity index is 747. The van der Waals surface area contributed by atoms with E-state index in [0.29, 0.717) is 11.6 Å². The molecule has 0 bridgehead atoms. The third kappa shape index (κ3) is 5.56. The maximum absolute atomic E-state index is 13.1. The molecule has 2 aromatic carbocycles. The van der Waals surface area contributed by atoms with Crippen LogP contribution in [0.15, 0.2) is 48.5 Å². The maximum atomic E-state index is 13.1. The van der Waals surface area contributed by atoms with Gasteiger partial charge in [0.15, 0.2) is 0 Å². The average molecular weight is 377 g/mol. The summed E-state index contributed by atoms with van der Waals surface area (Å²) < 4.78 is 13.1. The number of carbonyl (C=O) groups is 2. The number of halogens is 2. The summed E-state index contributed by atoms with van der Waals surface area (Å²) in [6.07, 6.45) is 0.288. The molecule has 26 heavy (non-hydrogen) atoms. The van der Waals surface area contributed by atoms with Gasteiger partial charge in [-0.25, -0.2) is 4.39 Å². The van der Waals surface area contributed by atoms with Gasteiger partial charge in [-0.15, -0.1) is 0 Å². The van der Waals surface area contributed by atoms with Gasteiger partial charge in [-0.05, 0) is 42.3 Å². The molecule has 138 valence electrons. The zero-order valence-corrected chi connectivity index (χ0v) is 15.6. The maximum Gasteiger partial charge on any atom is 0.242 e. The molecule has 0 aliphatic carbocycles. The van der Waals surface area contributed by atoms with E-state index < -0.39 is 6.04 Å². The zero-order chi connectivity index (χ0) is 19.1. The van der Waals surface area contributed by atoms with Gasteiger partial charge in [0.2, 0.25) is 11.8 Å². The van der Waals surface area contributed by atoms with E-state index in [9.17, 15) is 14.0 Å². The first-order valence-electron chi connectivity index (χ1n) is 8.46. The first-order valence-corrected chi connectivity index (χ1v) is 8.84. The van der Waals surface area contributed by atoms with Crippen molar-refractivity contribution in [1.29, 1.82) is 0 Å². The summed E-state index contributed by atoms with van der Waals surface area (Å²) in [4.78, 5) is 26.3. The van der Waals surface area contributed by atoms with E-state index in [1.807, 2.05) is 12.1 Å². The summed E-state index contributed by atoms with van der Waals surface area (Å²) >= 11 is 5.85. The van der Waals surface area contributed by atoms with Gasteiger partial charge >= 0.3 is 0 Å². The van der Waals surface area contributed by atoms with E-state index in [1.54, 1.807) is 38.1 Å². The van der Waals surface area contributed by atoms with Crippen LogP contribution in [-0.4, -0.2) is 22.8 Å². The van der Waals surface area contributed by atoms with Crippen molar-refractivity contribution in [1.82, 2.24) is 10.2 Å². The van der Waals surface area contributed by atoms with Crippen LogP contribution >= 0.6 is 11.6 Å². The average Bonchev–Trinajstić information content (AvgIpc) is 2.65. The fourth-order valence-corrected chi connectivity index (χ4v) is 2.64. The van der Waals surface area contributed by atoms with Gasteiger partial charge in [-0.1, -0.05) is 42.8 Å². The summed E-state index contributed by atoms with van der Waals surface area (Å²) in [7, 11) is 0. The monoisotopic (exact) mass is 376 g/mol. The van der Waals surface area contributed by atoms with Crippen LogP contribution in [-0.2, 0) is 22.7 Å². The Balaban J connectivity index is 2.03. The normalized spacial score (nSPS) is 11.7. The molecule has 0 saturated heterocycles. The number of hydrogen-bond donors (Lipinski definition) is 1. The van der Waals surface area contributed by atoms with Crippen molar-refractivity contribution >= 4 is 23.4 Å². The molecule has 0 fully saturated rings. The van der Waals surface area contributed by atoms with Gasteiger partial charge in [-0.3, -0.25) is 9.59 Å². The molecule has 0 unspecified atom stereocenters. The van der Waals surface area contributed by atoms with Crippen molar-refractivity contribution in [2.75, 3.05) is 0 Å². The standard InChI is InChI=1S/C20H22ClFN2O2/c1-3-19(25)24(13-16-6-10-18(22)11-7-16)14(2)20(26)23-12-15-4-8-17(21)9-5-15/h4-11,14H,3,12-13H2,1-2H3,(H,23,26)/t14-/m0/s1. The SMILES string of the molecule is CCC(=O)N(Cc1ccc(F)cc1)[C@@H](C)C(=O)NCc1ccc(Cl)cc1. The molecule has 2 aromatic rings. The lowest BCUT2D eigenvalue weighted by atomic mass is 10.1. The Hall–Kier alpha value is -2.40. The molecular formula is C20H22ClFN2O2. The van der Waals surface area contributed by atoms with Gasteiger partial charge in [0, 0.05) is 24.5 Å². The number of benzene rings is 2. The molecule has 1 atom stereocenters. The van der Waals surface area contributed by atoms with E-state index in [2.05, 4.69) is 5.32 Å². The van der Waals surface area contributed by atoms with E-state index in [0.717, 1.165) is 11.1 Å². The van der Waals surface area contributed by atoms with Crippen molar-refractivity contribution in [3.05, 3.63) is 70.5 Å². The van der Waals surface area contributed by atoms with E-state index in [4.69, 9.17) is 11.6 Å². The van der Waals surface area contributed by atoms with Crippen LogP contribution in [0, 0.1) is 5.82 Å². The van der Waals surface area contributed by atoms with Crippen molar-refractivity contribution < 1.29 is 14.0 Å². The second-order valence-electron chi connectivity index (χ2n) is 6.02. The summed E-state index contributed by atoms with van der Waals surface area (Å²) in [5.74, 6) is -0.719. The molecule has 2 amide bonds. The number of carbonyl (C=O) groups excluding carboxylic acids is 2. The number of nitrogens with one attached hydrogen (secondary N) is 1. The van der Waals surface area contributed by atoms with Gasteiger partial charge in [0.05, 0.1) is 0 Å². The molecule has 6 heteroatoms. The summed E-state index contributed by atoms with van der Waals surface area (Å²) in [5.41, 5.74) is 1.69. The van der Waals surface area contributed by atoms with E-state index >= 15 is 0 Å². The Labute approximate surface area is 158 Å². The highest BCUT2D eigenvalue weighted by Gasteiger charge is 2.24. The molecule has 0 aliphatic rings. The van der Waals surface area contributed by atoms with Gasteiger partial charge < -0.3 is 10.2 Å². The molecule has 0 heterocycles. The molecule has 2 rings (SSSR count). The lowest BCUT2D eigenvalue weighted by molar-refractivity contribution is -0.140. The van der Waals surface area contributed by atoms with Crippen LogP contribution in [0.5, 0.6) is 0 Å². The minimum atomic E-state index is -0.639. The molecule has 0 spiro atoms. The third-order valence-electron chi connectivity index (χ3n) is 4.12. The Morgan fingerprint density at radius 3 is 2.23 bits per heavy atom. The van der Waals surface area contributed by atoms with Crippen LogP contribution < -0.4 is 5.32 Å². The first-order chi connectivity index (χ1) is 12.4. The Kier molecular flexibility index (Phi) is 7.16. The minimum absolute atomic E-state index is 0.136. The first kappa shape index (κ1) is 19.9. The molecular weight excluding hydrogens is 355 g/mol. The predicted molar refractivity (Wildman–Crippen MR) is 100 cm³/mol. The fourth-order valence-electron chi connectivity index (χ4n) is 2.51. The Morgan fingerprint density at radius 2 is 1.65 bits per heavy atom. The van der Waals surface area contributed by atoms with Crippen LogP contribution in [0.3, 0.4) is 0 Å². The number of rotatable bonds is 7. The molecule has 1 N–H and O–H groups in total. The number of amides is 2. The molecule has 0 radical (unpaired) electrons. The topological polar surface area (TPSA) is 49.4 Å². The lowest BCUT2D eigenvalue weighted by Crippen LogP contribution is -2.47. The second-order valence-corrected chi connectivity index (χ2v) is 6.46. The van der Waals surface area contributed by atoms with Crippen LogP contribution in [0.25, 0.3) is 0 Å². The summed E-state index contributed by atoms with van der Waals surface area (Å²) in [5, 5.41) is 3.47. The quantitative estimate of drug-likeness (QED) is 0.796. The molecule has 0 saturated carbocycles. The van der Waals surface area contributed by atoms with Crippen LogP contribution in [0.1, 0.15) is 31.4 Å². The lowest BCUT2D eigenvalue weighted by Gasteiger charge is -2.28. The van der Waals surface area contributed by atoms with E-state index in [1.165, 1.54) is 17.0 Å². The third-order valence-corrected chi connectivity index (χ3v) is 4.37. The molecule has 4 nitrogen and oxygen atoms in total. The van der Waals surface area contributed by atoms with Crippen LogP contribution in [0.2, 0.25) is 5.02 Å². The Morgan fingerprint density at radius 1 is 1.08 bits per heavy atom. The number of nitrogens with zero attached hydrogens (tertiary/aromatic N) is 1. The van der Waals surface area contributed by atoms with Gasteiger partial charge in [0.1, 0.15) is 11.9 Å². The summed E-state index contributed by atoms with van der Waals surface area (Å²) in [6, 6.07) is 12.5. The van der Waals surface area contributed by atoms with Crippen LogP contribution in [0.4, 0.5) is 4.39 Å². The largest absolute Gasteiger partial charge is 0.350 e. The van der Waals surface area contributed by atoms with Crippen molar-refractivity contribution in [3.8, 4) is 0 Å². The molecule has 0 aliphatic heterocycles. The fraction of sp³-hybridized carbons (Fsp3) is 0.300. The summed E-state index contributed by atoms with van der Waals surface area (Å²) in [6.45, 7) is 4.04.